The fourth-order valence-corrected chi connectivity index (χ4v) is 2.61. The Morgan fingerprint density at radius 2 is 1.17 bits per heavy atom. The molecule has 0 saturated carbocycles. The smallest absolute Gasteiger partial charge is 0.107 e. The maximum atomic E-state index is 5.71. The highest BCUT2D eigenvalue weighted by molar-refractivity contribution is 9.10. The van der Waals surface area contributed by atoms with E-state index in [0.29, 0.717) is 0 Å². The molecule has 0 spiro atoms. The third-order valence-corrected chi connectivity index (χ3v) is 2.78. The van der Waals surface area contributed by atoms with Gasteiger partial charge in [-0.25, -0.2) is 4.98 Å². The molecule has 0 fully saturated rings. The summed E-state index contributed by atoms with van der Waals surface area (Å²) in [5, 5.41) is 1.48. The third kappa shape index (κ3) is 5.80. The van der Waals surface area contributed by atoms with Gasteiger partial charge in [-0.3, -0.25) is 4.98 Å². The molecule has 0 radical (unpaired) electrons. The largest absolute Gasteiger partial charge is 0.258 e. The topological polar surface area (TPSA) is 25.8 Å². The van der Waals surface area contributed by atoms with Crippen molar-refractivity contribution >= 4 is 39.1 Å². The lowest BCUT2D eigenvalue weighted by molar-refractivity contribution is 1.12. The molecule has 0 amide bonds. The quantitative estimate of drug-likeness (QED) is 0.615. The van der Waals surface area contributed by atoms with Gasteiger partial charge in [-0.05, 0) is 61.0 Å². The predicted octanol–water partition coefficient (Wildman–Crippen LogP) is 5.16. The van der Waals surface area contributed by atoms with Crippen LogP contribution in [0.3, 0.4) is 0 Å². The number of hydrogen-bond acceptors (Lipinski definition) is 2. The van der Waals surface area contributed by atoms with Crippen LogP contribution in [0, 0.1) is 20.8 Å². The van der Waals surface area contributed by atoms with Crippen molar-refractivity contribution in [2.45, 2.75) is 20.8 Å². The van der Waals surface area contributed by atoms with Crippen molar-refractivity contribution in [3.63, 3.8) is 0 Å². The Labute approximate surface area is 126 Å². The molecule has 2 aromatic rings. The summed E-state index contributed by atoms with van der Waals surface area (Å²) in [7, 11) is 0. The molecule has 2 nitrogen and oxygen atoms in total. The fraction of sp³-hybridized carbons (Fsp3) is 0.231. The molecule has 0 bridgehead atoms. The third-order valence-electron chi connectivity index (χ3n) is 1.93. The van der Waals surface area contributed by atoms with Crippen LogP contribution in [0.5, 0.6) is 0 Å². The van der Waals surface area contributed by atoms with E-state index in [1.54, 1.807) is 6.07 Å². The number of aryl methyl sites for hydroxylation is 3. The minimum Gasteiger partial charge on any atom is -0.258 e. The van der Waals surface area contributed by atoms with Gasteiger partial charge in [0, 0.05) is 27.1 Å². The molecule has 0 atom stereocenters. The van der Waals surface area contributed by atoms with E-state index in [9.17, 15) is 0 Å². The standard InChI is InChI=1S/C7H8ClN.C6H5BrClN/c1-5-3-7(8)4-6(2)9-5;1-4-2-5(8)3-6(7)9-4/h3-4H,1-2H3;2-3H,1H3. The molecule has 0 aliphatic rings. The fourth-order valence-electron chi connectivity index (χ4n) is 1.37. The van der Waals surface area contributed by atoms with Gasteiger partial charge >= 0.3 is 0 Å². The molecule has 2 rings (SSSR count). The Bertz CT molecular complexity index is 394. The molecule has 18 heavy (non-hydrogen) atoms. The second-order valence-electron chi connectivity index (χ2n) is 3.82. The van der Waals surface area contributed by atoms with Crippen LogP contribution < -0.4 is 0 Å². The summed E-state index contributed by atoms with van der Waals surface area (Å²) in [6, 6.07) is 7.25. The summed E-state index contributed by atoms with van der Waals surface area (Å²) in [5.41, 5.74) is 2.87. The van der Waals surface area contributed by atoms with Gasteiger partial charge in [-0.1, -0.05) is 23.2 Å². The Morgan fingerprint density at radius 3 is 1.50 bits per heavy atom. The molecule has 96 valence electrons. The van der Waals surface area contributed by atoms with Crippen LogP contribution in [-0.2, 0) is 0 Å². The molecule has 0 unspecified atom stereocenters. The van der Waals surface area contributed by atoms with E-state index in [0.717, 1.165) is 31.7 Å². The summed E-state index contributed by atoms with van der Waals surface area (Å²) < 4.78 is 0.785. The van der Waals surface area contributed by atoms with E-state index in [-0.39, 0.29) is 0 Å². The predicted molar refractivity (Wildman–Crippen MR) is 80.4 cm³/mol. The van der Waals surface area contributed by atoms with Gasteiger partial charge in [0.15, 0.2) is 0 Å². The van der Waals surface area contributed by atoms with Gasteiger partial charge < -0.3 is 0 Å². The second kappa shape index (κ2) is 7.07. The minimum absolute atomic E-state index is 0.717. The van der Waals surface area contributed by atoms with Gasteiger partial charge in [0.2, 0.25) is 0 Å². The van der Waals surface area contributed by atoms with Crippen molar-refractivity contribution in [3.05, 3.63) is 56.0 Å². The van der Waals surface area contributed by atoms with Crippen LogP contribution in [0.4, 0.5) is 0 Å². The highest BCUT2D eigenvalue weighted by Crippen LogP contribution is 2.14. The first-order valence-corrected chi connectivity index (χ1v) is 6.82. The van der Waals surface area contributed by atoms with E-state index in [4.69, 9.17) is 23.2 Å². The monoisotopic (exact) mass is 346 g/mol. The first kappa shape index (κ1) is 15.4. The lowest BCUT2D eigenvalue weighted by Crippen LogP contribution is -1.83. The maximum Gasteiger partial charge on any atom is 0.107 e. The number of halogens is 3. The van der Waals surface area contributed by atoms with E-state index in [1.165, 1.54) is 0 Å². The highest BCUT2D eigenvalue weighted by Gasteiger charge is 1.92. The Hall–Kier alpha value is -0.640. The minimum atomic E-state index is 0.717. The second-order valence-corrected chi connectivity index (χ2v) is 5.50. The highest BCUT2D eigenvalue weighted by atomic mass is 79.9. The Kier molecular flexibility index (Phi) is 6.06. The van der Waals surface area contributed by atoms with Gasteiger partial charge in [0.1, 0.15) is 4.60 Å². The Balaban J connectivity index is 0.000000180. The molecular formula is C13H13BrCl2N2. The normalized spacial score (nSPS) is 9.67. The van der Waals surface area contributed by atoms with Crippen LogP contribution in [0.2, 0.25) is 10.0 Å². The summed E-state index contributed by atoms with van der Waals surface area (Å²) >= 11 is 14.6. The van der Waals surface area contributed by atoms with Gasteiger partial charge in [-0.2, -0.15) is 0 Å². The zero-order chi connectivity index (χ0) is 13.7. The van der Waals surface area contributed by atoms with Crippen molar-refractivity contribution in [2.75, 3.05) is 0 Å². The zero-order valence-electron chi connectivity index (χ0n) is 10.3. The van der Waals surface area contributed by atoms with E-state index in [1.807, 2.05) is 39.0 Å². The number of aromatic nitrogens is 2. The average Bonchev–Trinajstić information content (AvgIpc) is 2.12. The first-order valence-electron chi connectivity index (χ1n) is 5.27. The number of hydrogen-bond donors (Lipinski definition) is 0. The zero-order valence-corrected chi connectivity index (χ0v) is 13.4. The molecule has 0 N–H and O–H groups in total. The van der Waals surface area contributed by atoms with E-state index in [2.05, 4.69) is 25.9 Å². The van der Waals surface area contributed by atoms with Crippen LogP contribution in [0.25, 0.3) is 0 Å². The van der Waals surface area contributed by atoms with Gasteiger partial charge in [-0.15, -0.1) is 0 Å². The summed E-state index contributed by atoms with van der Waals surface area (Å²) in [6.07, 6.45) is 0. The van der Waals surface area contributed by atoms with Gasteiger partial charge in [0.25, 0.3) is 0 Å². The molecule has 2 heterocycles. The molecule has 0 aliphatic carbocycles. The lowest BCUT2D eigenvalue weighted by atomic mass is 10.3. The summed E-state index contributed by atoms with van der Waals surface area (Å²) in [5.74, 6) is 0. The van der Waals surface area contributed by atoms with Crippen molar-refractivity contribution in [2.24, 2.45) is 0 Å². The SMILES string of the molecule is Cc1cc(Cl)cc(Br)n1.Cc1cc(Cl)cc(C)n1. The maximum absolute atomic E-state index is 5.71. The number of nitrogens with zero attached hydrogens (tertiary/aromatic N) is 2. The van der Waals surface area contributed by atoms with Gasteiger partial charge in [0.05, 0.1) is 0 Å². The van der Waals surface area contributed by atoms with Crippen molar-refractivity contribution in [1.82, 2.24) is 9.97 Å². The van der Waals surface area contributed by atoms with Crippen LogP contribution in [0.15, 0.2) is 28.9 Å². The van der Waals surface area contributed by atoms with Crippen molar-refractivity contribution < 1.29 is 0 Å². The average molecular weight is 348 g/mol. The molecule has 0 saturated heterocycles. The summed E-state index contributed by atoms with van der Waals surface area (Å²) in [4.78, 5) is 8.22. The Morgan fingerprint density at radius 1 is 0.778 bits per heavy atom. The molecule has 0 aromatic carbocycles. The molecule has 0 aliphatic heterocycles. The van der Waals surface area contributed by atoms with Crippen LogP contribution in [0.1, 0.15) is 17.1 Å². The van der Waals surface area contributed by atoms with Crippen molar-refractivity contribution in [3.8, 4) is 0 Å². The van der Waals surface area contributed by atoms with Crippen LogP contribution in [-0.4, -0.2) is 9.97 Å². The first-order chi connectivity index (χ1) is 8.36. The molecule has 2 aromatic heterocycles. The summed E-state index contributed by atoms with van der Waals surface area (Å²) in [6.45, 7) is 5.76. The molecule has 5 heteroatoms. The molecular weight excluding hydrogens is 335 g/mol. The van der Waals surface area contributed by atoms with E-state index < -0.39 is 0 Å². The number of pyridine rings is 2. The van der Waals surface area contributed by atoms with Crippen LogP contribution >= 0.6 is 39.1 Å². The van der Waals surface area contributed by atoms with E-state index >= 15 is 0 Å². The lowest BCUT2D eigenvalue weighted by Gasteiger charge is -1.94. The number of rotatable bonds is 0. The van der Waals surface area contributed by atoms with Crippen molar-refractivity contribution in [1.29, 1.82) is 0 Å².